The fourth-order valence-corrected chi connectivity index (χ4v) is 2.56. The molecule has 5 heteroatoms. The summed E-state index contributed by atoms with van der Waals surface area (Å²) >= 11 is 0. The van der Waals surface area contributed by atoms with Crippen molar-refractivity contribution in [3.63, 3.8) is 0 Å². The summed E-state index contributed by atoms with van der Waals surface area (Å²) in [5.41, 5.74) is 5.55. The van der Waals surface area contributed by atoms with Crippen LogP contribution in [0.3, 0.4) is 0 Å². The minimum Gasteiger partial charge on any atom is -0.376 e. The van der Waals surface area contributed by atoms with Crippen LogP contribution >= 0.6 is 0 Å². The second-order valence-corrected chi connectivity index (χ2v) is 6.42. The van der Waals surface area contributed by atoms with Crippen molar-refractivity contribution in [3.8, 4) is 0 Å². The van der Waals surface area contributed by atoms with Gasteiger partial charge in [-0.3, -0.25) is 0 Å². The largest absolute Gasteiger partial charge is 0.376 e. The van der Waals surface area contributed by atoms with Gasteiger partial charge in [-0.05, 0) is 33.6 Å². The molecule has 1 aromatic heterocycles. The molecule has 0 spiro atoms. The van der Waals surface area contributed by atoms with Crippen LogP contribution < -0.4 is 5.73 Å². The summed E-state index contributed by atoms with van der Waals surface area (Å²) in [6.45, 7) is 6.26. The third-order valence-electron chi connectivity index (χ3n) is 3.87. The highest BCUT2D eigenvalue weighted by molar-refractivity contribution is 5.04. The first kappa shape index (κ1) is 15.4. The fraction of sp³-hybridized carbons (Fsp3) is 0.867. The van der Waals surface area contributed by atoms with E-state index in [0.29, 0.717) is 18.3 Å². The van der Waals surface area contributed by atoms with E-state index in [1.165, 1.54) is 25.7 Å². The topological polar surface area (TPSA) is 74.2 Å². The molecule has 114 valence electrons. The van der Waals surface area contributed by atoms with Crippen LogP contribution in [0, 0.1) is 0 Å². The van der Waals surface area contributed by atoms with E-state index in [2.05, 4.69) is 10.1 Å². The van der Waals surface area contributed by atoms with Crippen LogP contribution in [0.4, 0.5) is 0 Å². The van der Waals surface area contributed by atoms with E-state index in [0.717, 1.165) is 18.7 Å². The van der Waals surface area contributed by atoms with Crippen molar-refractivity contribution in [3.05, 3.63) is 11.7 Å². The maximum atomic E-state index is 6.25. The first-order valence-corrected chi connectivity index (χ1v) is 7.73. The Morgan fingerprint density at radius 1 is 1.30 bits per heavy atom. The van der Waals surface area contributed by atoms with E-state index < -0.39 is 5.54 Å². The highest BCUT2D eigenvalue weighted by Crippen LogP contribution is 2.31. The Labute approximate surface area is 121 Å². The molecule has 2 rings (SSSR count). The highest BCUT2D eigenvalue weighted by atomic mass is 16.5. The molecule has 0 aromatic carbocycles. The van der Waals surface area contributed by atoms with Gasteiger partial charge in [0.15, 0.2) is 5.82 Å². The lowest BCUT2D eigenvalue weighted by molar-refractivity contribution is 0.0410. The van der Waals surface area contributed by atoms with Crippen molar-refractivity contribution in [2.24, 2.45) is 5.73 Å². The molecule has 2 N–H and O–H groups in total. The molecular formula is C15H27N3O2. The van der Waals surface area contributed by atoms with Gasteiger partial charge in [-0.1, -0.05) is 30.8 Å². The van der Waals surface area contributed by atoms with E-state index in [1.807, 2.05) is 20.8 Å². The third-order valence-corrected chi connectivity index (χ3v) is 3.87. The summed E-state index contributed by atoms with van der Waals surface area (Å²) in [5.74, 6) is 1.71. The van der Waals surface area contributed by atoms with Gasteiger partial charge < -0.3 is 15.0 Å². The van der Waals surface area contributed by atoms with Gasteiger partial charge >= 0.3 is 0 Å². The Bertz CT molecular complexity index is 407. The summed E-state index contributed by atoms with van der Waals surface area (Å²) < 4.78 is 11.0. The molecule has 1 aromatic rings. The third kappa shape index (κ3) is 4.03. The Morgan fingerprint density at radius 2 is 1.95 bits per heavy atom. The number of hydrogen-bond acceptors (Lipinski definition) is 5. The first-order valence-electron chi connectivity index (χ1n) is 7.73. The molecule has 1 aliphatic rings. The monoisotopic (exact) mass is 281 g/mol. The molecule has 1 aliphatic carbocycles. The van der Waals surface area contributed by atoms with Gasteiger partial charge in [0.05, 0.1) is 12.7 Å². The SMILES string of the molecule is CC(C)OCC(C)(N)c1noc(C2CCCCCC2)n1. The number of aromatic nitrogens is 2. The van der Waals surface area contributed by atoms with E-state index in [-0.39, 0.29) is 6.10 Å². The summed E-state index contributed by atoms with van der Waals surface area (Å²) in [5, 5.41) is 4.08. The predicted molar refractivity (Wildman–Crippen MR) is 77.4 cm³/mol. The molecule has 1 saturated carbocycles. The van der Waals surface area contributed by atoms with Crippen LogP contribution in [0.25, 0.3) is 0 Å². The lowest BCUT2D eigenvalue weighted by Crippen LogP contribution is -2.40. The average Bonchev–Trinajstić information content (AvgIpc) is 2.74. The number of nitrogens with zero attached hydrogens (tertiary/aromatic N) is 2. The second kappa shape index (κ2) is 6.68. The minimum absolute atomic E-state index is 0.145. The van der Waals surface area contributed by atoms with Crippen molar-refractivity contribution in [1.29, 1.82) is 0 Å². The zero-order chi connectivity index (χ0) is 14.6. The van der Waals surface area contributed by atoms with Gasteiger partial charge in [0.2, 0.25) is 5.89 Å². The summed E-state index contributed by atoms with van der Waals surface area (Å²) in [7, 11) is 0. The fourth-order valence-electron chi connectivity index (χ4n) is 2.56. The van der Waals surface area contributed by atoms with Gasteiger partial charge in [0, 0.05) is 5.92 Å². The summed E-state index contributed by atoms with van der Waals surface area (Å²) in [6.07, 6.45) is 7.56. The summed E-state index contributed by atoms with van der Waals surface area (Å²) in [4.78, 5) is 4.54. The van der Waals surface area contributed by atoms with Crippen LogP contribution in [0.2, 0.25) is 0 Å². The van der Waals surface area contributed by atoms with E-state index >= 15 is 0 Å². The van der Waals surface area contributed by atoms with Crippen molar-refractivity contribution in [2.75, 3.05) is 6.61 Å². The Morgan fingerprint density at radius 3 is 2.55 bits per heavy atom. The van der Waals surface area contributed by atoms with Gasteiger partial charge in [-0.15, -0.1) is 0 Å². The zero-order valence-corrected chi connectivity index (χ0v) is 12.9. The molecule has 5 nitrogen and oxygen atoms in total. The second-order valence-electron chi connectivity index (χ2n) is 6.42. The first-order chi connectivity index (χ1) is 9.49. The quantitative estimate of drug-likeness (QED) is 0.839. The van der Waals surface area contributed by atoms with Gasteiger partial charge in [0.25, 0.3) is 0 Å². The minimum atomic E-state index is -0.698. The Kier molecular flexibility index (Phi) is 5.16. The lowest BCUT2D eigenvalue weighted by Gasteiger charge is -2.21. The van der Waals surface area contributed by atoms with Gasteiger partial charge in [0.1, 0.15) is 5.54 Å². The van der Waals surface area contributed by atoms with Crippen molar-refractivity contribution in [2.45, 2.75) is 76.9 Å². The molecule has 0 bridgehead atoms. The van der Waals surface area contributed by atoms with Crippen LogP contribution in [0.5, 0.6) is 0 Å². The van der Waals surface area contributed by atoms with E-state index in [4.69, 9.17) is 15.0 Å². The molecule has 0 radical (unpaired) electrons. The number of hydrogen-bond donors (Lipinski definition) is 1. The predicted octanol–water partition coefficient (Wildman–Crippen LogP) is 3.11. The molecule has 1 fully saturated rings. The maximum absolute atomic E-state index is 6.25. The Balaban J connectivity index is 2.03. The van der Waals surface area contributed by atoms with Crippen molar-refractivity contribution in [1.82, 2.24) is 10.1 Å². The normalized spacial score (nSPS) is 20.9. The maximum Gasteiger partial charge on any atom is 0.229 e. The molecule has 1 atom stereocenters. The van der Waals surface area contributed by atoms with Crippen LogP contribution in [-0.2, 0) is 10.3 Å². The van der Waals surface area contributed by atoms with E-state index in [1.54, 1.807) is 0 Å². The molecule has 1 unspecified atom stereocenters. The molecule has 20 heavy (non-hydrogen) atoms. The average molecular weight is 281 g/mol. The summed E-state index contributed by atoms with van der Waals surface area (Å²) in [6, 6.07) is 0. The van der Waals surface area contributed by atoms with Crippen LogP contribution in [0.15, 0.2) is 4.52 Å². The molecule has 0 saturated heterocycles. The highest BCUT2D eigenvalue weighted by Gasteiger charge is 2.30. The van der Waals surface area contributed by atoms with Gasteiger partial charge in [-0.2, -0.15) is 4.98 Å². The smallest absolute Gasteiger partial charge is 0.229 e. The molecule has 1 heterocycles. The Hall–Kier alpha value is -0.940. The van der Waals surface area contributed by atoms with Crippen LogP contribution in [0.1, 0.15) is 76.9 Å². The zero-order valence-electron chi connectivity index (χ0n) is 12.9. The molecular weight excluding hydrogens is 254 g/mol. The van der Waals surface area contributed by atoms with Crippen molar-refractivity contribution >= 4 is 0 Å². The van der Waals surface area contributed by atoms with Crippen molar-refractivity contribution < 1.29 is 9.26 Å². The number of rotatable bonds is 5. The van der Waals surface area contributed by atoms with Crippen LogP contribution in [-0.4, -0.2) is 22.9 Å². The van der Waals surface area contributed by atoms with E-state index in [9.17, 15) is 0 Å². The number of ether oxygens (including phenoxy) is 1. The standard InChI is InChI=1S/C15H27N3O2/c1-11(2)19-10-15(3,16)14-17-13(20-18-14)12-8-6-4-5-7-9-12/h11-12H,4-10,16H2,1-3H3. The van der Waals surface area contributed by atoms with Gasteiger partial charge in [-0.25, -0.2) is 0 Å². The lowest BCUT2D eigenvalue weighted by atomic mass is 10.00. The number of nitrogens with two attached hydrogens (primary N) is 1. The molecule has 0 amide bonds. The molecule has 0 aliphatic heterocycles.